The molecule has 3 rings (SSSR count). The Balaban J connectivity index is 0.00000208. The number of hydrogen-bond donors (Lipinski definition) is 2. The second kappa shape index (κ2) is 8.23. The van der Waals surface area contributed by atoms with Gasteiger partial charge in [-0.3, -0.25) is 4.79 Å². The normalized spacial score (nSPS) is 29.8. The molecular weight excluding hydrogens is 338 g/mol. The van der Waals surface area contributed by atoms with Gasteiger partial charge in [-0.2, -0.15) is 0 Å². The summed E-state index contributed by atoms with van der Waals surface area (Å²) in [5.74, 6) is -1.75. The first-order chi connectivity index (χ1) is 11.0. The van der Waals surface area contributed by atoms with Gasteiger partial charge in [0.2, 0.25) is 5.91 Å². The number of carbonyl (C=O) groups is 1. The fourth-order valence-corrected chi connectivity index (χ4v) is 3.43. The molecule has 1 aromatic carbocycles. The largest absolute Gasteiger partial charge is 0.371 e. The maximum absolute atomic E-state index is 13.4. The smallest absolute Gasteiger partial charge is 0.223 e. The van der Waals surface area contributed by atoms with Crippen LogP contribution in [0.25, 0.3) is 0 Å². The fourth-order valence-electron chi connectivity index (χ4n) is 3.43. The molecule has 4 atom stereocenters. The Hall–Kier alpha value is -1.24. The second-order valence-corrected chi connectivity index (χ2v) is 6.45. The average Bonchev–Trinajstić information content (AvgIpc) is 2.98. The lowest BCUT2D eigenvalue weighted by atomic mass is 9.91. The molecule has 2 heterocycles. The topological polar surface area (TPSA) is 50.4 Å². The Morgan fingerprint density at radius 1 is 1.29 bits per heavy atom. The summed E-state index contributed by atoms with van der Waals surface area (Å²) in [4.78, 5) is 12.5. The van der Waals surface area contributed by atoms with Crippen molar-refractivity contribution in [3.8, 4) is 0 Å². The van der Waals surface area contributed by atoms with E-state index in [9.17, 15) is 13.6 Å². The van der Waals surface area contributed by atoms with Crippen LogP contribution in [0.2, 0.25) is 0 Å². The summed E-state index contributed by atoms with van der Waals surface area (Å²) in [5.41, 5.74) is 0.561. The number of carbonyl (C=O) groups excluding carboxylic acids is 1. The molecule has 2 aliphatic heterocycles. The van der Waals surface area contributed by atoms with Gasteiger partial charge >= 0.3 is 0 Å². The average molecular weight is 361 g/mol. The van der Waals surface area contributed by atoms with E-state index in [2.05, 4.69) is 17.6 Å². The van der Waals surface area contributed by atoms with Crippen molar-refractivity contribution in [1.29, 1.82) is 0 Å². The zero-order chi connectivity index (χ0) is 16.4. The van der Waals surface area contributed by atoms with Crippen LogP contribution in [0.15, 0.2) is 18.2 Å². The van der Waals surface area contributed by atoms with Gasteiger partial charge in [0.25, 0.3) is 0 Å². The van der Waals surface area contributed by atoms with Crippen LogP contribution in [-0.2, 0) is 9.53 Å². The van der Waals surface area contributed by atoms with Crippen molar-refractivity contribution in [2.45, 2.75) is 44.4 Å². The third kappa shape index (κ3) is 4.23. The number of rotatable bonds is 3. The van der Waals surface area contributed by atoms with Gasteiger partial charge < -0.3 is 15.4 Å². The van der Waals surface area contributed by atoms with Crippen LogP contribution >= 0.6 is 12.4 Å². The summed E-state index contributed by atoms with van der Waals surface area (Å²) in [7, 11) is 0. The Labute approximate surface area is 146 Å². The summed E-state index contributed by atoms with van der Waals surface area (Å²) in [6.07, 6.45) is 1.89. The molecule has 1 aromatic rings. The Bertz CT molecular complexity index is 588. The van der Waals surface area contributed by atoms with Gasteiger partial charge in [-0.1, -0.05) is 6.07 Å². The van der Waals surface area contributed by atoms with Crippen LogP contribution in [0.3, 0.4) is 0 Å². The number of piperidine rings is 1. The molecule has 2 fully saturated rings. The van der Waals surface area contributed by atoms with E-state index in [-0.39, 0.29) is 30.3 Å². The van der Waals surface area contributed by atoms with Gasteiger partial charge in [-0.05, 0) is 50.4 Å². The number of nitrogens with one attached hydrogen (secondary N) is 2. The van der Waals surface area contributed by atoms with Crippen LogP contribution < -0.4 is 10.6 Å². The predicted octanol–water partition coefficient (Wildman–Crippen LogP) is 2.72. The van der Waals surface area contributed by atoms with Gasteiger partial charge in [-0.15, -0.1) is 12.4 Å². The molecule has 2 aliphatic rings. The van der Waals surface area contributed by atoms with Crippen molar-refractivity contribution in [3.05, 3.63) is 35.4 Å². The highest BCUT2D eigenvalue weighted by atomic mass is 35.5. The first-order valence-corrected chi connectivity index (χ1v) is 8.15. The minimum atomic E-state index is -0.893. The lowest BCUT2D eigenvalue weighted by Crippen LogP contribution is -2.46. The molecular formula is C17H23ClF2N2O2. The second-order valence-electron chi connectivity index (χ2n) is 6.45. The van der Waals surface area contributed by atoms with Crippen molar-refractivity contribution in [2.24, 2.45) is 5.92 Å². The van der Waals surface area contributed by atoms with Gasteiger partial charge in [0.15, 0.2) is 11.6 Å². The summed E-state index contributed by atoms with van der Waals surface area (Å²) in [6.45, 7) is 3.41. The summed E-state index contributed by atoms with van der Waals surface area (Å²) >= 11 is 0. The summed E-state index contributed by atoms with van der Waals surface area (Å²) in [6, 6.07) is 3.90. The number of amides is 1. The highest BCUT2D eigenvalue weighted by molar-refractivity contribution is 5.85. The maximum atomic E-state index is 13.4. The molecule has 2 saturated heterocycles. The molecule has 0 radical (unpaired) electrons. The van der Waals surface area contributed by atoms with Crippen LogP contribution in [0.4, 0.5) is 8.78 Å². The minimum Gasteiger partial charge on any atom is -0.371 e. The van der Waals surface area contributed by atoms with E-state index in [4.69, 9.17) is 4.74 Å². The monoisotopic (exact) mass is 360 g/mol. The van der Waals surface area contributed by atoms with E-state index in [1.54, 1.807) is 0 Å². The molecule has 24 heavy (non-hydrogen) atoms. The van der Waals surface area contributed by atoms with Crippen LogP contribution in [0.5, 0.6) is 0 Å². The number of halogens is 3. The van der Waals surface area contributed by atoms with Gasteiger partial charge in [0.1, 0.15) is 6.10 Å². The van der Waals surface area contributed by atoms with Crippen molar-refractivity contribution >= 4 is 18.3 Å². The Morgan fingerprint density at radius 3 is 2.79 bits per heavy atom. The molecule has 1 amide bonds. The fraction of sp³-hybridized carbons (Fsp3) is 0.588. The zero-order valence-corrected chi connectivity index (χ0v) is 14.4. The van der Waals surface area contributed by atoms with E-state index >= 15 is 0 Å². The lowest BCUT2D eigenvalue weighted by Gasteiger charge is -2.29. The van der Waals surface area contributed by atoms with Gasteiger partial charge in [0, 0.05) is 18.6 Å². The number of benzene rings is 1. The first kappa shape index (κ1) is 19.1. The molecule has 0 saturated carbocycles. The summed E-state index contributed by atoms with van der Waals surface area (Å²) in [5, 5.41) is 6.37. The van der Waals surface area contributed by atoms with Crippen molar-refractivity contribution < 1.29 is 18.3 Å². The minimum absolute atomic E-state index is 0. The molecule has 134 valence electrons. The van der Waals surface area contributed by atoms with Gasteiger partial charge in [0.05, 0.1) is 6.04 Å². The number of hydrogen-bond acceptors (Lipinski definition) is 3. The van der Waals surface area contributed by atoms with Crippen molar-refractivity contribution in [2.75, 3.05) is 13.2 Å². The van der Waals surface area contributed by atoms with E-state index < -0.39 is 17.7 Å². The van der Waals surface area contributed by atoms with Crippen LogP contribution in [0.1, 0.15) is 37.9 Å². The van der Waals surface area contributed by atoms with Crippen LogP contribution in [0, 0.1) is 17.6 Å². The van der Waals surface area contributed by atoms with Crippen molar-refractivity contribution in [3.63, 3.8) is 0 Å². The molecule has 0 aliphatic carbocycles. The van der Waals surface area contributed by atoms with E-state index in [1.807, 2.05) is 0 Å². The molecule has 2 N–H and O–H groups in total. The maximum Gasteiger partial charge on any atom is 0.223 e. The molecule has 4 nitrogen and oxygen atoms in total. The lowest BCUT2D eigenvalue weighted by molar-refractivity contribution is -0.127. The molecule has 0 spiro atoms. The molecule has 7 heteroatoms. The SMILES string of the molecule is C[C@H]1C[C@@H](C(=O)NC2CCOC2c2ccc(F)c(F)c2)CCN1.Cl. The highest BCUT2D eigenvalue weighted by Crippen LogP contribution is 2.30. The standard InChI is InChI=1S/C17H22F2N2O2.ClH/c1-10-8-12(4-6-20-10)17(22)21-15-5-7-23-16(15)11-2-3-13(18)14(19)9-11;/h2-3,9-10,12,15-16,20H,4-8H2,1H3,(H,21,22);1H/t10-,12-,15?,16?;/m0./s1. The molecule has 0 aromatic heterocycles. The van der Waals surface area contributed by atoms with Crippen LogP contribution in [-0.4, -0.2) is 31.1 Å². The van der Waals surface area contributed by atoms with Crippen molar-refractivity contribution in [1.82, 2.24) is 10.6 Å². The highest BCUT2D eigenvalue weighted by Gasteiger charge is 2.34. The first-order valence-electron chi connectivity index (χ1n) is 8.15. The number of ether oxygens (including phenoxy) is 1. The third-order valence-electron chi connectivity index (χ3n) is 4.69. The Kier molecular flexibility index (Phi) is 6.54. The zero-order valence-electron chi connectivity index (χ0n) is 13.6. The molecule has 0 bridgehead atoms. The van der Waals surface area contributed by atoms with Gasteiger partial charge in [-0.25, -0.2) is 8.78 Å². The van der Waals surface area contributed by atoms with E-state index in [0.717, 1.165) is 31.5 Å². The van der Waals surface area contributed by atoms with E-state index in [0.29, 0.717) is 24.6 Å². The summed E-state index contributed by atoms with van der Waals surface area (Å²) < 4.78 is 32.2. The Morgan fingerprint density at radius 2 is 2.08 bits per heavy atom. The predicted molar refractivity (Wildman–Crippen MR) is 89.0 cm³/mol. The quantitative estimate of drug-likeness (QED) is 0.871. The third-order valence-corrected chi connectivity index (χ3v) is 4.69. The van der Waals surface area contributed by atoms with E-state index in [1.165, 1.54) is 6.07 Å². The molecule has 2 unspecified atom stereocenters.